The van der Waals surface area contributed by atoms with E-state index < -0.39 is 0 Å². The molecule has 0 N–H and O–H groups in total. The maximum absolute atomic E-state index is 10.5. The molecule has 0 aliphatic carbocycles. The molecule has 0 aliphatic heterocycles. The van der Waals surface area contributed by atoms with Crippen molar-refractivity contribution in [2.24, 2.45) is 0 Å². The molecule has 3 aromatic heterocycles. The van der Waals surface area contributed by atoms with Gasteiger partial charge >= 0.3 is 0 Å². The third-order valence-corrected chi connectivity index (χ3v) is 11.1. The number of fused-ring (bicyclic) bond motifs is 9. The van der Waals surface area contributed by atoms with Gasteiger partial charge in [-0.25, -0.2) is 0 Å². The standard InChI is InChI=1S/C50H29N5/c51-30-32-17-24-43-41-11-3-7-15-47(41)55(50(43)27-32)36-22-25-38(34(28-36)31-52)33-18-20-35(21-19-33)53-48-16-8-4-12-42(48)44-29-37(23-26-49(44)53)54-45-13-5-1-9-39(45)40-10-2-6-14-46(40)54/h1-29H. The molecule has 0 amide bonds. The first kappa shape index (κ1) is 30.7. The van der Waals surface area contributed by atoms with Gasteiger partial charge in [-0.1, -0.05) is 97.1 Å². The van der Waals surface area contributed by atoms with Crippen LogP contribution in [-0.2, 0) is 0 Å². The van der Waals surface area contributed by atoms with E-state index >= 15 is 0 Å². The minimum atomic E-state index is 0.585. The smallest absolute Gasteiger partial charge is 0.0998 e. The van der Waals surface area contributed by atoms with Gasteiger partial charge in [0.05, 0.1) is 56.4 Å². The monoisotopic (exact) mass is 699 g/mol. The van der Waals surface area contributed by atoms with E-state index in [2.05, 4.69) is 159 Å². The Bertz CT molecular complexity index is 3400. The van der Waals surface area contributed by atoms with Crippen LogP contribution in [0.5, 0.6) is 0 Å². The summed E-state index contributed by atoms with van der Waals surface area (Å²) in [5, 5.41) is 27.2. The van der Waals surface area contributed by atoms with Crippen molar-refractivity contribution in [2.45, 2.75) is 0 Å². The van der Waals surface area contributed by atoms with Crippen LogP contribution in [-0.4, -0.2) is 13.7 Å². The van der Waals surface area contributed by atoms with Crippen molar-refractivity contribution in [3.05, 3.63) is 187 Å². The molecule has 254 valence electrons. The van der Waals surface area contributed by atoms with Crippen molar-refractivity contribution in [1.29, 1.82) is 10.5 Å². The van der Waals surface area contributed by atoms with Gasteiger partial charge < -0.3 is 13.7 Å². The molecular formula is C50H29N5. The Morgan fingerprint density at radius 3 is 1.36 bits per heavy atom. The SMILES string of the molecule is N#Cc1ccc2c3ccccc3n(-c3ccc(-c4ccc(-n5c6ccccc6c6cc(-n7c8ccccc8c8ccccc87)ccc65)cc4)c(C#N)c3)c2c1. The maximum atomic E-state index is 10.5. The Balaban J connectivity index is 1.02. The van der Waals surface area contributed by atoms with E-state index in [1.807, 2.05) is 42.5 Å². The highest BCUT2D eigenvalue weighted by Gasteiger charge is 2.18. The first-order chi connectivity index (χ1) is 27.2. The van der Waals surface area contributed by atoms with E-state index in [4.69, 9.17) is 0 Å². The van der Waals surface area contributed by atoms with Crippen LogP contribution in [0, 0.1) is 22.7 Å². The van der Waals surface area contributed by atoms with E-state index in [1.165, 1.54) is 32.6 Å². The first-order valence-corrected chi connectivity index (χ1v) is 18.3. The van der Waals surface area contributed by atoms with Crippen LogP contribution in [0.25, 0.3) is 93.6 Å². The average Bonchev–Trinajstić information content (AvgIpc) is 3.88. The van der Waals surface area contributed by atoms with Crippen LogP contribution in [0.2, 0.25) is 0 Å². The van der Waals surface area contributed by atoms with Crippen LogP contribution in [0.3, 0.4) is 0 Å². The van der Waals surface area contributed by atoms with Gasteiger partial charge in [-0.05, 0) is 90.0 Å². The predicted molar refractivity (Wildman–Crippen MR) is 224 cm³/mol. The molecule has 5 nitrogen and oxygen atoms in total. The lowest BCUT2D eigenvalue weighted by molar-refractivity contribution is 1.16. The molecule has 0 fully saturated rings. The molecule has 0 bridgehead atoms. The first-order valence-electron chi connectivity index (χ1n) is 18.3. The van der Waals surface area contributed by atoms with Crippen LogP contribution in [0.15, 0.2) is 176 Å². The van der Waals surface area contributed by atoms with Crippen molar-refractivity contribution < 1.29 is 0 Å². The fourth-order valence-corrected chi connectivity index (χ4v) is 8.70. The zero-order chi connectivity index (χ0) is 36.6. The van der Waals surface area contributed by atoms with Gasteiger partial charge in [0, 0.05) is 49.4 Å². The normalized spacial score (nSPS) is 11.6. The summed E-state index contributed by atoms with van der Waals surface area (Å²) in [5.41, 5.74) is 12.7. The van der Waals surface area contributed by atoms with E-state index in [0.717, 1.165) is 61.0 Å². The highest BCUT2D eigenvalue weighted by Crippen LogP contribution is 2.38. The number of aromatic nitrogens is 3. The molecule has 5 heteroatoms. The summed E-state index contributed by atoms with van der Waals surface area (Å²) in [6.07, 6.45) is 0. The van der Waals surface area contributed by atoms with Crippen molar-refractivity contribution in [3.63, 3.8) is 0 Å². The summed E-state index contributed by atoms with van der Waals surface area (Å²) >= 11 is 0. The highest BCUT2D eigenvalue weighted by molar-refractivity contribution is 6.12. The molecule has 3 heterocycles. The van der Waals surface area contributed by atoms with Gasteiger partial charge in [0.15, 0.2) is 0 Å². The lowest BCUT2D eigenvalue weighted by Gasteiger charge is -2.13. The zero-order valence-electron chi connectivity index (χ0n) is 29.5. The lowest BCUT2D eigenvalue weighted by atomic mass is 9.99. The molecule has 0 atom stereocenters. The second-order valence-corrected chi connectivity index (χ2v) is 14.0. The minimum absolute atomic E-state index is 0.585. The summed E-state index contributed by atoms with van der Waals surface area (Å²) in [6, 6.07) is 66.0. The van der Waals surface area contributed by atoms with Gasteiger partial charge in [-0.3, -0.25) is 0 Å². The van der Waals surface area contributed by atoms with Crippen LogP contribution >= 0.6 is 0 Å². The van der Waals surface area contributed by atoms with E-state index in [9.17, 15) is 10.5 Å². The number of rotatable bonds is 4. The summed E-state index contributed by atoms with van der Waals surface area (Å²) in [4.78, 5) is 0. The molecule has 0 aliphatic rings. The summed E-state index contributed by atoms with van der Waals surface area (Å²) in [5.74, 6) is 0. The Hall–Kier alpha value is -7.86. The van der Waals surface area contributed by atoms with Crippen LogP contribution < -0.4 is 0 Å². The molecule has 0 radical (unpaired) electrons. The number of benzene rings is 8. The predicted octanol–water partition coefficient (Wildman–Crippen LogP) is 12.4. The van der Waals surface area contributed by atoms with Crippen molar-refractivity contribution in [3.8, 4) is 40.3 Å². The van der Waals surface area contributed by atoms with Gasteiger partial charge in [0.25, 0.3) is 0 Å². The van der Waals surface area contributed by atoms with Crippen molar-refractivity contribution in [2.75, 3.05) is 0 Å². The molecule has 0 saturated carbocycles. The third-order valence-electron chi connectivity index (χ3n) is 11.1. The second kappa shape index (κ2) is 11.8. The Labute approximate surface area is 316 Å². The fourth-order valence-electron chi connectivity index (χ4n) is 8.70. The molecular weight excluding hydrogens is 671 g/mol. The largest absolute Gasteiger partial charge is 0.309 e. The number of para-hydroxylation sites is 4. The Kier molecular flexibility index (Phi) is 6.61. The van der Waals surface area contributed by atoms with Gasteiger partial charge in [-0.2, -0.15) is 10.5 Å². The van der Waals surface area contributed by atoms with E-state index in [1.54, 1.807) is 0 Å². The number of hydrogen-bond donors (Lipinski definition) is 0. The van der Waals surface area contributed by atoms with Crippen molar-refractivity contribution >= 4 is 65.4 Å². The van der Waals surface area contributed by atoms with Crippen LogP contribution in [0.1, 0.15) is 11.1 Å². The number of nitriles is 2. The molecule has 55 heavy (non-hydrogen) atoms. The van der Waals surface area contributed by atoms with E-state index in [-0.39, 0.29) is 0 Å². The third kappa shape index (κ3) is 4.51. The maximum Gasteiger partial charge on any atom is 0.0998 e. The molecule has 0 saturated heterocycles. The zero-order valence-corrected chi connectivity index (χ0v) is 29.5. The molecule has 11 rings (SSSR count). The molecule has 0 spiro atoms. The Morgan fingerprint density at radius 1 is 0.327 bits per heavy atom. The van der Waals surface area contributed by atoms with Gasteiger partial charge in [-0.15, -0.1) is 0 Å². The fraction of sp³-hybridized carbons (Fsp3) is 0. The van der Waals surface area contributed by atoms with Gasteiger partial charge in [0.2, 0.25) is 0 Å². The topological polar surface area (TPSA) is 62.4 Å². The quantitative estimate of drug-likeness (QED) is 0.184. The summed E-state index contributed by atoms with van der Waals surface area (Å²) < 4.78 is 6.85. The molecule has 8 aromatic carbocycles. The summed E-state index contributed by atoms with van der Waals surface area (Å²) in [7, 11) is 0. The summed E-state index contributed by atoms with van der Waals surface area (Å²) in [6.45, 7) is 0. The number of hydrogen-bond acceptors (Lipinski definition) is 2. The highest BCUT2D eigenvalue weighted by atomic mass is 15.0. The molecule has 0 unspecified atom stereocenters. The number of nitrogens with zero attached hydrogens (tertiary/aromatic N) is 5. The minimum Gasteiger partial charge on any atom is -0.309 e. The van der Waals surface area contributed by atoms with Crippen LogP contribution in [0.4, 0.5) is 0 Å². The molecule has 11 aromatic rings. The average molecular weight is 700 g/mol. The van der Waals surface area contributed by atoms with E-state index in [0.29, 0.717) is 11.1 Å². The second-order valence-electron chi connectivity index (χ2n) is 14.0. The van der Waals surface area contributed by atoms with Crippen molar-refractivity contribution in [1.82, 2.24) is 13.7 Å². The Morgan fingerprint density at radius 2 is 0.782 bits per heavy atom. The lowest BCUT2D eigenvalue weighted by Crippen LogP contribution is -1.97. The van der Waals surface area contributed by atoms with Gasteiger partial charge in [0.1, 0.15) is 0 Å².